The van der Waals surface area contributed by atoms with Crippen LogP contribution in [0.1, 0.15) is 11.7 Å². The lowest BCUT2D eigenvalue weighted by Crippen LogP contribution is -2.32. The van der Waals surface area contributed by atoms with E-state index in [1.54, 1.807) is 18.2 Å². The van der Waals surface area contributed by atoms with Crippen molar-refractivity contribution in [2.24, 2.45) is 7.05 Å². The van der Waals surface area contributed by atoms with Gasteiger partial charge in [0.1, 0.15) is 5.75 Å². The first kappa shape index (κ1) is 18.6. The average molecular weight is 393 g/mol. The predicted octanol–water partition coefficient (Wildman–Crippen LogP) is 3.71. The van der Waals surface area contributed by atoms with Gasteiger partial charge in [-0.1, -0.05) is 41.4 Å². The van der Waals surface area contributed by atoms with Gasteiger partial charge in [-0.2, -0.15) is 0 Å². The topological polar surface area (TPSA) is 63.5 Å². The van der Waals surface area contributed by atoms with E-state index in [1.807, 2.05) is 42.1 Å². The van der Waals surface area contributed by atoms with Gasteiger partial charge in [0.2, 0.25) is 0 Å². The van der Waals surface area contributed by atoms with Crippen LogP contribution in [-0.4, -0.2) is 28.7 Å². The van der Waals surface area contributed by atoms with Gasteiger partial charge in [0.15, 0.2) is 6.61 Å². The Morgan fingerprint density at radius 2 is 2.04 bits per heavy atom. The predicted molar refractivity (Wildman–Crippen MR) is 103 cm³/mol. The molecule has 0 bridgehead atoms. The van der Waals surface area contributed by atoms with Crippen LogP contribution >= 0.6 is 23.2 Å². The van der Waals surface area contributed by atoms with E-state index in [0.717, 1.165) is 16.5 Å². The Bertz CT molecular complexity index is 940. The van der Waals surface area contributed by atoms with Crippen LogP contribution in [0.3, 0.4) is 0 Å². The van der Waals surface area contributed by atoms with Gasteiger partial charge in [-0.15, -0.1) is 0 Å². The SMILES string of the molecule is Cn1cc(C(O)CNC(=O)COc2ccc(Cl)cc2Cl)c2ccccc21. The molecule has 5 nitrogen and oxygen atoms in total. The standard InChI is InChI=1S/C19H18Cl2N2O3/c1-23-10-14(13-4-2-3-5-16(13)23)17(24)9-22-19(25)11-26-18-7-6-12(20)8-15(18)21/h2-8,10,17,24H,9,11H2,1H3,(H,22,25). The Balaban J connectivity index is 1.57. The van der Waals surface area contributed by atoms with Crippen molar-refractivity contribution in [2.75, 3.05) is 13.2 Å². The van der Waals surface area contributed by atoms with Gasteiger partial charge in [0, 0.05) is 41.3 Å². The molecule has 7 heteroatoms. The van der Waals surface area contributed by atoms with E-state index < -0.39 is 6.10 Å². The molecule has 0 aliphatic carbocycles. The molecule has 2 aromatic carbocycles. The molecular weight excluding hydrogens is 375 g/mol. The summed E-state index contributed by atoms with van der Waals surface area (Å²) in [5, 5.41) is 14.9. The number of para-hydroxylation sites is 1. The van der Waals surface area contributed by atoms with Crippen LogP contribution in [0, 0.1) is 0 Å². The maximum absolute atomic E-state index is 12.0. The second-order valence-electron chi connectivity index (χ2n) is 5.90. The zero-order valence-electron chi connectivity index (χ0n) is 14.1. The largest absolute Gasteiger partial charge is 0.482 e. The van der Waals surface area contributed by atoms with Gasteiger partial charge in [0.25, 0.3) is 5.91 Å². The zero-order valence-corrected chi connectivity index (χ0v) is 15.6. The number of aryl methyl sites for hydroxylation is 1. The van der Waals surface area contributed by atoms with E-state index in [9.17, 15) is 9.90 Å². The first-order valence-electron chi connectivity index (χ1n) is 8.02. The number of ether oxygens (including phenoxy) is 1. The molecule has 0 radical (unpaired) electrons. The minimum Gasteiger partial charge on any atom is -0.482 e. The van der Waals surface area contributed by atoms with E-state index in [0.29, 0.717) is 15.8 Å². The van der Waals surface area contributed by atoms with Gasteiger partial charge in [-0.05, 0) is 24.3 Å². The number of carbonyl (C=O) groups is 1. The van der Waals surface area contributed by atoms with Crippen LogP contribution < -0.4 is 10.1 Å². The summed E-state index contributed by atoms with van der Waals surface area (Å²) < 4.78 is 7.32. The Labute approximate surface area is 161 Å². The van der Waals surface area contributed by atoms with Crippen molar-refractivity contribution < 1.29 is 14.6 Å². The smallest absolute Gasteiger partial charge is 0.258 e. The summed E-state index contributed by atoms with van der Waals surface area (Å²) in [5.74, 6) is 0.0242. The van der Waals surface area contributed by atoms with Crippen molar-refractivity contribution in [1.82, 2.24) is 9.88 Å². The van der Waals surface area contributed by atoms with Gasteiger partial charge in [-0.3, -0.25) is 4.79 Å². The van der Waals surface area contributed by atoms with Crippen LogP contribution in [0.4, 0.5) is 0 Å². The van der Waals surface area contributed by atoms with Crippen LogP contribution in [0.15, 0.2) is 48.7 Å². The molecule has 1 unspecified atom stereocenters. The Morgan fingerprint density at radius 1 is 1.27 bits per heavy atom. The monoisotopic (exact) mass is 392 g/mol. The van der Waals surface area contributed by atoms with Crippen molar-refractivity contribution in [3.05, 3.63) is 64.3 Å². The highest BCUT2D eigenvalue weighted by molar-refractivity contribution is 6.35. The fourth-order valence-electron chi connectivity index (χ4n) is 2.75. The minimum atomic E-state index is -0.816. The van der Waals surface area contributed by atoms with Crippen molar-refractivity contribution >= 4 is 40.0 Å². The summed E-state index contributed by atoms with van der Waals surface area (Å²) in [6.07, 6.45) is 1.05. The highest BCUT2D eigenvalue weighted by Gasteiger charge is 2.15. The third-order valence-electron chi connectivity index (χ3n) is 4.03. The highest BCUT2D eigenvalue weighted by Crippen LogP contribution is 2.27. The number of amides is 1. The third-order valence-corrected chi connectivity index (χ3v) is 4.56. The van der Waals surface area contributed by atoms with Crippen molar-refractivity contribution in [1.29, 1.82) is 0 Å². The summed E-state index contributed by atoms with van der Waals surface area (Å²) in [5.41, 5.74) is 1.79. The lowest BCUT2D eigenvalue weighted by atomic mass is 10.1. The number of benzene rings is 2. The van der Waals surface area contributed by atoms with Gasteiger partial charge in [-0.25, -0.2) is 0 Å². The highest BCUT2D eigenvalue weighted by atomic mass is 35.5. The first-order chi connectivity index (χ1) is 12.5. The third kappa shape index (κ3) is 4.12. The van der Waals surface area contributed by atoms with Crippen LogP contribution in [0.2, 0.25) is 10.0 Å². The Morgan fingerprint density at radius 3 is 2.81 bits per heavy atom. The van der Waals surface area contributed by atoms with Crippen LogP contribution in [0.25, 0.3) is 10.9 Å². The summed E-state index contributed by atoms with van der Waals surface area (Å²) in [4.78, 5) is 12.0. The molecule has 1 amide bonds. The molecule has 1 aromatic heterocycles. The molecule has 3 aromatic rings. The summed E-state index contributed by atoms with van der Waals surface area (Å²) >= 11 is 11.8. The summed E-state index contributed by atoms with van der Waals surface area (Å²) in [6, 6.07) is 12.6. The van der Waals surface area contributed by atoms with E-state index in [4.69, 9.17) is 27.9 Å². The minimum absolute atomic E-state index is 0.0878. The summed E-state index contributed by atoms with van der Waals surface area (Å²) in [7, 11) is 1.92. The second kappa shape index (κ2) is 7.99. The number of rotatable bonds is 6. The lowest BCUT2D eigenvalue weighted by molar-refractivity contribution is -0.123. The fraction of sp³-hybridized carbons (Fsp3) is 0.211. The Kier molecular flexibility index (Phi) is 5.71. The zero-order chi connectivity index (χ0) is 18.7. The molecule has 0 spiro atoms. The molecule has 1 atom stereocenters. The van der Waals surface area contributed by atoms with E-state index >= 15 is 0 Å². The van der Waals surface area contributed by atoms with E-state index in [1.165, 1.54) is 0 Å². The number of aromatic nitrogens is 1. The molecular formula is C19H18Cl2N2O3. The number of aliphatic hydroxyl groups excluding tert-OH is 1. The molecule has 0 saturated carbocycles. The quantitative estimate of drug-likeness (QED) is 0.671. The molecule has 0 aliphatic heterocycles. The molecule has 1 heterocycles. The number of hydrogen-bond donors (Lipinski definition) is 2. The van der Waals surface area contributed by atoms with Crippen molar-refractivity contribution in [3.63, 3.8) is 0 Å². The van der Waals surface area contributed by atoms with Crippen LogP contribution in [0.5, 0.6) is 5.75 Å². The molecule has 2 N–H and O–H groups in total. The number of hydrogen-bond acceptors (Lipinski definition) is 3. The molecule has 0 fully saturated rings. The van der Waals surface area contributed by atoms with E-state index in [-0.39, 0.29) is 19.1 Å². The second-order valence-corrected chi connectivity index (χ2v) is 6.74. The van der Waals surface area contributed by atoms with Gasteiger partial charge in [0.05, 0.1) is 11.1 Å². The number of nitrogens with zero attached hydrogens (tertiary/aromatic N) is 1. The number of aliphatic hydroxyl groups is 1. The molecule has 136 valence electrons. The molecule has 26 heavy (non-hydrogen) atoms. The maximum Gasteiger partial charge on any atom is 0.258 e. The fourth-order valence-corrected chi connectivity index (χ4v) is 3.21. The molecule has 0 saturated heterocycles. The Hall–Kier alpha value is -2.21. The van der Waals surface area contributed by atoms with Crippen molar-refractivity contribution in [2.45, 2.75) is 6.10 Å². The average Bonchev–Trinajstić information content (AvgIpc) is 2.96. The van der Waals surface area contributed by atoms with Crippen molar-refractivity contribution in [3.8, 4) is 5.75 Å². The van der Waals surface area contributed by atoms with E-state index in [2.05, 4.69) is 5.32 Å². The number of nitrogens with one attached hydrogen (secondary N) is 1. The molecule has 0 aliphatic rings. The van der Waals surface area contributed by atoms with Gasteiger partial charge < -0.3 is 19.7 Å². The number of halogens is 2. The summed E-state index contributed by atoms with van der Waals surface area (Å²) in [6.45, 7) is -0.117. The van der Waals surface area contributed by atoms with Gasteiger partial charge >= 0.3 is 0 Å². The normalized spacial score (nSPS) is 12.2. The number of fused-ring (bicyclic) bond motifs is 1. The number of carbonyl (C=O) groups excluding carboxylic acids is 1. The molecule has 3 rings (SSSR count). The lowest BCUT2D eigenvalue weighted by Gasteiger charge is -2.12. The van der Waals surface area contributed by atoms with Crippen LogP contribution in [-0.2, 0) is 11.8 Å². The maximum atomic E-state index is 12.0. The first-order valence-corrected chi connectivity index (χ1v) is 8.78.